The van der Waals surface area contributed by atoms with Crippen LogP contribution in [0.5, 0.6) is 0 Å². The number of carbonyl (C=O) groups is 1. The lowest BCUT2D eigenvalue weighted by atomic mass is 9.78. The molecule has 1 aliphatic carbocycles. The van der Waals surface area contributed by atoms with Gasteiger partial charge in [-0.05, 0) is 36.8 Å². The predicted octanol–water partition coefficient (Wildman–Crippen LogP) is 3.71. The summed E-state index contributed by atoms with van der Waals surface area (Å²) in [5.74, 6) is 0.989. The summed E-state index contributed by atoms with van der Waals surface area (Å²) in [7, 11) is 1.42. The number of hydrogen-bond donors (Lipinski definition) is 1. The average molecular weight is 261 g/mol. The molecular weight excluding hydrogens is 238 g/mol. The molecule has 0 aromatic heterocycles. The van der Waals surface area contributed by atoms with Crippen LogP contribution in [-0.4, -0.2) is 19.1 Å². The minimum atomic E-state index is -0.279. The van der Waals surface area contributed by atoms with E-state index in [1.165, 1.54) is 26.4 Å². The molecule has 1 aliphatic rings. The van der Waals surface area contributed by atoms with Crippen LogP contribution in [0, 0.1) is 11.8 Å². The molecule has 0 aliphatic heterocycles. The number of methoxy groups -OCH3 is 1. The maximum atomic E-state index is 11.8. The Bertz CT molecular complexity index is 434. The van der Waals surface area contributed by atoms with Gasteiger partial charge >= 0.3 is 5.97 Å². The molecule has 1 aromatic carbocycles. The highest BCUT2D eigenvalue weighted by Gasteiger charge is 2.28. The number of anilines is 1. The van der Waals surface area contributed by atoms with Crippen LogP contribution in [0.15, 0.2) is 24.3 Å². The Labute approximate surface area is 115 Å². The number of rotatable bonds is 3. The Morgan fingerprint density at radius 3 is 2.47 bits per heavy atom. The molecule has 104 valence electrons. The zero-order chi connectivity index (χ0) is 13.8. The molecule has 3 nitrogen and oxygen atoms in total. The molecule has 1 fully saturated rings. The van der Waals surface area contributed by atoms with Crippen LogP contribution in [0.25, 0.3) is 0 Å². The molecule has 0 amide bonds. The Kier molecular flexibility index (Phi) is 4.46. The summed E-state index contributed by atoms with van der Waals surface area (Å²) < 4.78 is 4.84. The van der Waals surface area contributed by atoms with E-state index in [1.807, 2.05) is 24.3 Å². The molecular formula is C16H23NO2. The molecule has 3 heteroatoms. The van der Waals surface area contributed by atoms with E-state index in [9.17, 15) is 4.79 Å². The Morgan fingerprint density at radius 1 is 1.21 bits per heavy atom. The molecule has 0 saturated heterocycles. The van der Waals surface area contributed by atoms with Crippen molar-refractivity contribution in [3.8, 4) is 0 Å². The molecule has 1 N–H and O–H groups in total. The second-order valence-electron chi connectivity index (χ2n) is 5.59. The van der Waals surface area contributed by atoms with Crippen molar-refractivity contribution < 1.29 is 9.53 Å². The van der Waals surface area contributed by atoms with E-state index in [1.54, 1.807) is 0 Å². The maximum absolute atomic E-state index is 11.8. The number of esters is 1. The zero-order valence-electron chi connectivity index (χ0n) is 12.0. The van der Waals surface area contributed by atoms with Gasteiger partial charge in [-0.1, -0.05) is 32.4 Å². The van der Waals surface area contributed by atoms with E-state index in [-0.39, 0.29) is 5.97 Å². The summed E-state index contributed by atoms with van der Waals surface area (Å²) in [6.45, 7) is 4.57. The van der Waals surface area contributed by atoms with E-state index in [0.29, 0.717) is 23.4 Å². The summed E-state index contributed by atoms with van der Waals surface area (Å²) in [6.07, 6.45) is 3.81. The van der Waals surface area contributed by atoms with Gasteiger partial charge in [-0.15, -0.1) is 0 Å². The fourth-order valence-electron chi connectivity index (χ4n) is 3.04. The fraction of sp³-hybridized carbons (Fsp3) is 0.562. The number of carbonyl (C=O) groups excluding carboxylic acids is 1. The van der Waals surface area contributed by atoms with Crippen LogP contribution in [0.1, 0.15) is 43.5 Å². The monoisotopic (exact) mass is 261 g/mol. The first-order valence-corrected chi connectivity index (χ1v) is 7.07. The van der Waals surface area contributed by atoms with Crippen LogP contribution in [0.4, 0.5) is 5.69 Å². The summed E-state index contributed by atoms with van der Waals surface area (Å²) >= 11 is 0. The molecule has 0 bridgehead atoms. The van der Waals surface area contributed by atoms with Crippen LogP contribution < -0.4 is 5.32 Å². The van der Waals surface area contributed by atoms with E-state index >= 15 is 0 Å². The van der Waals surface area contributed by atoms with Gasteiger partial charge in [0.15, 0.2) is 0 Å². The molecule has 0 heterocycles. The molecule has 1 saturated carbocycles. The number of hydrogen-bond acceptors (Lipinski definition) is 3. The topological polar surface area (TPSA) is 38.3 Å². The van der Waals surface area contributed by atoms with Gasteiger partial charge in [-0.2, -0.15) is 0 Å². The summed E-state index contributed by atoms with van der Waals surface area (Å²) in [4.78, 5) is 11.8. The van der Waals surface area contributed by atoms with Crippen LogP contribution in [0.3, 0.4) is 0 Å². The SMILES string of the molecule is COC(=O)c1ccccc1NC1C(C)CCCC1C. The van der Waals surface area contributed by atoms with Crippen molar-refractivity contribution in [2.24, 2.45) is 11.8 Å². The molecule has 1 aromatic rings. The molecule has 0 spiro atoms. The first-order valence-electron chi connectivity index (χ1n) is 7.07. The van der Waals surface area contributed by atoms with E-state index in [0.717, 1.165) is 5.69 Å². The quantitative estimate of drug-likeness (QED) is 0.843. The van der Waals surface area contributed by atoms with E-state index < -0.39 is 0 Å². The predicted molar refractivity (Wildman–Crippen MR) is 77.4 cm³/mol. The standard InChI is InChI=1S/C16H23NO2/c1-11-7-6-8-12(2)15(11)17-14-10-5-4-9-13(14)16(18)19-3/h4-5,9-12,15,17H,6-8H2,1-3H3. The van der Waals surface area contributed by atoms with Crippen molar-refractivity contribution >= 4 is 11.7 Å². The van der Waals surface area contributed by atoms with Gasteiger partial charge < -0.3 is 10.1 Å². The first kappa shape index (κ1) is 13.9. The first-order chi connectivity index (χ1) is 9.13. The van der Waals surface area contributed by atoms with E-state index in [2.05, 4.69) is 19.2 Å². The van der Waals surface area contributed by atoms with Gasteiger partial charge in [-0.25, -0.2) is 4.79 Å². The number of nitrogens with one attached hydrogen (secondary N) is 1. The Morgan fingerprint density at radius 2 is 1.84 bits per heavy atom. The van der Waals surface area contributed by atoms with Gasteiger partial charge in [0.05, 0.1) is 12.7 Å². The van der Waals surface area contributed by atoms with Crippen molar-refractivity contribution in [3.05, 3.63) is 29.8 Å². The minimum Gasteiger partial charge on any atom is -0.465 e. The highest BCUT2D eigenvalue weighted by atomic mass is 16.5. The molecule has 2 unspecified atom stereocenters. The van der Waals surface area contributed by atoms with Crippen LogP contribution in [0.2, 0.25) is 0 Å². The lowest BCUT2D eigenvalue weighted by Crippen LogP contribution is -2.37. The summed E-state index contributed by atoms with van der Waals surface area (Å²) in [5, 5.41) is 3.56. The lowest BCUT2D eigenvalue weighted by Gasteiger charge is -2.36. The van der Waals surface area contributed by atoms with Crippen LogP contribution >= 0.6 is 0 Å². The third-order valence-corrected chi connectivity index (χ3v) is 4.20. The molecule has 19 heavy (non-hydrogen) atoms. The molecule has 2 atom stereocenters. The number of para-hydroxylation sites is 1. The van der Waals surface area contributed by atoms with Crippen LogP contribution in [-0.2, 0) is 4.74 Å². The minimum absolute atomic E-state index is 0.279. The van der Waals surface area contributed by atoms with Gasteiger partial charge in [0.2, 0.25) is 0 Å². The Hall–Kier alpha value is -1.51. The second kappa shape index (κ2) is 6.09. The molecule has 2 rings (SSSR count). The normalized spacial score (nSPS) is 26.8. The smallest absolute Gasteiger partial charge is 0.339 e. The third-order valence-electron chi connectivity index (χ3n) is 4.20. The number of benzene rings is 1. The van der Waals surface area contributed by atoms with Crippen molar-refractivity contribution in [2.45, 2.75) is 39.2 Å². The van der Waals surface area contributed by atoms with Crippen molar-refractivity contribution in [3.63, 3.8) is 0 Å². The Balaban J connectivity index is 2.20. The average Bonchev–Trinajstić information content (AvgIpc) is 2.42. The zero-order valence-corrected chi connectivity index (χ0v) is 12.0. The van der Waals surface area contributed by atoms with Gasteiger partial charge in [0.25, 0.3) is 0 Å². The van der Waals surface area contributed by atoms with Crippen molar-refractivity contribution in [1.82, 2.24) is 0 Å². The van der Waals surface area contributed by atoms with Gasteiger partial charge in [0, 0.05) is 11.7 Å². The summed E-state index contributed by atoms with van der Waals surface area (Å²) in [6, 6.07) is 8.02. The number of ether oxygens (including phenoxy) is 1. The molecule has 0 radical (unpaired) electrons. The van der Waals surface area contributed by atoms with Crippen molar-refractivity contribution in [1.29, 1.82) is 0 Å². The van der Waals surface area contributed by atoms with E-state index in [4.69, 9.17) is 4.74 Å². The van der Waals surface area contributed by atoms with Gasteiger partial charge in [0.1, 0.15) is 0 Å². The van der Waals surface area contributed by atoms with Crippen molar-refractivity contribution in [2.75, 3.05) is 12.4 Å². The highest BCUT2D eigenvalue weighted by molar-refractivity contribution is 5.95. The maximum Gasteiger partial charge on any atom is 0.339 e. The highest BCUT2D eigenvalue weighted by Crippen LogP contribution is 2.32. The summed E-state index contributed by atoms with van der Waals surface area (Å²) in [5.41, 5.74) is 1.51. The second-order valence-corrected chi connectivity index (χ2v) is 5.59. The third kappa shape index (κ3) is 3.09. The lowest BCUT2D eigenvalue weighted by molar-refractivity contribution is 0.0601. The van der Waals surface area contributed by atoms with Gasteiger partial charge in [-0.3, -0.25) is 0 Å². The fourth-order valence-corrected chi connectivity index (χ4v) is 3.04. The largest absolute Gasteiger partial charge is 0.465 e.